The molecule has 2 heterocycles. The maximum Gasteiger partial charge on any atom is 0.129 e. The molecule has 1 aliphatic heterocycles. The minimum Gasteiger partial charge on any atom is -0.379 e. The number of aryl methyl sites for hydroxylation is 1. The molecule has 1 aliphatic carbocycles. The van der Waals surface area contributed by atoms with Crippen molar-refractivity contribution in [1.29, 1.82) is 0 Å². The topological polar surface area (TPSA) is 25.4 Å². The van der Waals surface area contributed by atoms with Gasteiger partial charge in [0.1, 0.15) is 5.15 Å². The quantitative estimate of drug-likeness (QED) is 0.769. The Kier molecular flexibility index (Phi) is 3.83. The lowest BCUT2D eigenvalue weighted by Crippen LogP contribution is -2.39. The number of fused-ring (bicyclic) bond motifs is 1. The third-order valence-corrected chi connectivity index (χ3v) is 4.22. The summed E-state index contributed by atoms with van der Waals surface area (Å²) in [5, 5.41) is 0.627. The zero-order valence-electron chi connectivity index (χ0n) is 10.6. The summed E-state index contributed by atoms with van der Waals surface area (Å²) in [6, 6.07) is 2.07. The van der Waals surface area contributed by atoms with Crippen LogP contribution in [0, 0.1) is 0 Å². The molecular weight excluding hydrogens is 248 g/mol. The lowest BCUT2D eigenvalue weighted by atomic mass is 9.83. The predicted octanol–water partition coefficient (Wildman–Crippen LogP) is 2.49. The first kappa shape index (κ1) is 12.4. The van der Waals surface area contributed by atoms with Gasteiger partial charge in [-0.05, 0) is 42.4 Å². The monoisotopic (exact) mass is 266 g/mol. The van der Waals surface area contributed by atoms with Crippen LogP contribution in [0.4, 0.5) is 0 Å². The molecule has 0 N–H and O–H groups in total. The molecule has 0 bridgehead atoms. The summed E-state index contributed by atoms with van der Waals surface area (Å²) in [4.78, 5) is 6.72. The smallest absolute Gasteiger partial charge is 0.129 e. The zero-order valence-corrected chi connectivity index (χ0v) is 11.3. The SMILES string of the molecule is Clc1cc2c(cn1)CCCC2CN1CCOCC1. The first-order chi connectivity index (χ1) is 8.83. The van der Waals surface area contributed by atoms with Crippen molar-refractivity contribution < 1.29 is 4.74 Å². The fraction of sp³-hybridized carbons (Fsp3) is 0.643. The lowest BCUT2D eigenvalue weighted by Gasteiger charge is -2.33. The number of rotatable bonds is 2. The van der Waals surface area contributed by atoms with Crippen molar-refractivity contribution in [2.45, 2.75) is 25.2 Å². The van der Waals surface area contributed by atoms with Gasteiger partial charge in [-0.3, -0.25) is 4.90 Å². The molecule has 1 fully saturated rings. The molecule has 98 valence electrons. The van der Waals surface area contributed by atoms with Gasteiger partial charge in [-0.2, -0.15) is 0 Å². The minimum absolute atomic E-state index is 0.618. The van der Waals surface area contributed by atoms with Gasteiger partial charge in [0.05, 0.1) is 13.2 Å². The van der Waals surface area contributed by atoms with Crippen molar-refractivity contribution in [3.63, 3.8) is 0 Å². The molecule has 1 unspecified atom stereocenters. The average molecular weight is 267 g/mol. The third-order valence-electron chi connectivity index (χ3n) is 4.01. The van der Waals surface area contributed by atoms with Gasteiger partial charge in [0.25, 0.3) is 0 Å². The molecule has 3 rings (SSSR count). The second kappa shape index (κ2) is 5.55. The van der Waals surface area contributed by atoms with E-state index in [1.165, 1.54) is 24.0 Å². The number of pyridine rings is 1. The standard InChI is InChI=1S/C14H19ClN2O/c15-14-8-13-11(9-16-14)2-1-3-12(13)10-17-4-6-18-7-5-17/h8-9,12H,1-7,10H2. The molecule has 4 heteroatoms. The van der Waals surface area contributed by atoms with E-state index in [9.17, 15) is 0 Å². The highest BCUT2D eigenvalue weighted by Crippen LogP contribution is 2.33. The average Bonchev–Trinajstić information content (AvgIpc) is 2.41. The second-order valence-electron chi connectivity index (χ2n) is 5.21. The first-order valence-corrected chi connectivity index (χ1v) is 7.15. The Morgan fingerprint density at radius 1 is 1.39 bits per heavy atom. The van der Waals surface area contributed by atoms with Crippen LogP contribution in [0.15, 0.2) is 12.3 Å². The first-order valence-electron chi connectivity index (χ1n) is 6.77. The Labute approximate surface area is 113 Å². The van der Waals surface area contributed by atoms with Gasteiger partial charge in [-0.25, -0.2) is 4.98 Å². The highest BCUT2D eigenvalue weighted by Gasteiger charge is 2.24. The molecule has 2 aliphatic rings. The van der Waals surface area contributed by atoms with Gasteiger partial charge in [-0.15, -0.1) is 0 Å². The number of halogens is 1. The van der Waals surface area contributed by atoms with Crippen LogP contribution >= 0.6 is 11.6 Å². The van der Waals surface area contributed by atoms with Crippen molar-refractivity contribution in [2.24, 2.45) is 0 Å². The largest absolute Gasteiger partial charge is 0.379 e. The number of aromatic nitrogens is 1. The molecule has 1 atom stereocenters. The highest BCUT2D eigenvalue weighted by molar-refractivity contribution is 6.29. The maximum atomic E-state index is 6.04. The Morgan fingerprint density at radius 2 is 2.22 bits per heavy atom. The summed E-state index contributed by atoms with van der Waals surface area (Å²) >= 11 is 6.04. The van der Waals surface area contributed by atoms with E-state index in [1.54, 1.807) is 0 Å². The Morgan fingerprint density at radius 3 is 3.06 bits per heavy atom. The van der Waals surface area contributed by atoms with Crippen LogP contribution in [0.1, 0.15) is 29.9 Å². The number of ether oxygens (including phenoxy) is 1. The van der Waals surface area contributed by atoms with Crippen molar-refractivity contribution in [2.75, 3.05) is 32.8 Å². The van der Waals surface area contributed by atoms with Gasteiger partial charge in [0.15, 0.2) is 0 Å². The maximum absolute atomic E-state index is 6.04. The van der Waals surface area contributed by atoms with Crippen LogP contribution in [0.3, 0.4) is 0 Å². The number of hydrogen-bond donors (Lipinski definition) is 0. The minimum atomic E-state index is 0.618. The van der Waals surface area contributed by atoms with Crippen LogP contribution in [0.5, 0.6) is 0 Å². The second-order valence-corrected chi connectivity index (χ2v) is 5.60. The van der Waals surface area contributed by atoms with E-state index in [2.05, 4.69) is 16.0 Å². The van der Waals surface area contributed by atoms with E-state index in [-0.39, 0.29) is 0 Å². The molecule has 0 radical (unpaired) electrons. The van der Waals surface area contributed by atoms with Crippen molar-refractivity contribution in [1.82, 2.24) is 9.88 Å². The van der Waals surface area contributed by atoms with Crippen LogP contribution in [-0.2, 0) is 11.2 Å². The summed E-state index contributed by atoms with van der Waals surface area (Å²) in [7, 11) is 0. The van der Waals surface area contributed by atoms with Crippen LogP contribution in [-0.4, -0.2) is 42.7 Å². The van der Waals surface area contributed by atoms with Crippen molar-refractivity contribution in [3.05, 3.63) is 28.5 Å². The summed E-state index contributed by atoms with van der Waals surface area (Å²) in [5.74, 6) is 0.618. The molecular formula is C14H19ClN2O. The number of nitrogens with zero attached hydrogens (tertiary/aromatic N) is 2. The van der Waals surface area contributed by atoms with E-state index in [0.29, 0.717) is 11.1 Å². The van der Waals surface area contributed by atoms with Crippen LogP contribution in [0.2, 0.25) is 5.15 Å². The van der Waals surface area contributed by atoms with Gasteiger partial charge >= 0.3 is 0 Å². The molecule has 0 saturated carbocycles. The number of morpholine rings is 1. The van der Waals surface area contributed by atoms with Gasteiger partial charge in [0.2, 0.25) is 0 Å². The van der Waals surface area contributed by atoms with E-state index in [0.717, 1.165) is 39.3 Å². The van der Waals surface area contributed by atoms with Crippen molar-refractivity contribution >= 4 is 11.6 Å². The third kappa shape index (κ3) is 2.68. The summed E-state index contributed by atoms with van der Waals surface area (Å²) in [6.45, 7) is 5.00. The Bertz CT molecular complexity index is 418. The lowest BCUT2D eigenvalue weighted by molar-refractivity contribution is 0.0342. The molecule has 3 nitrogen and oxygen atoms in total. The van der Waals surface area contributed by atoms with Crippen LogP contribution in [0.25, 0.3) is 0 Å². The van der Waals surface area contributed by atoms with Crippen molar-refractivity contribution in [3.8, 4) is 0 Å². The molecule has 0 amide bonds. The van der Waals surface area contributed by atoms with E-state index in [1.807, 2.05) is 6.20 Å². The highest BCUT2D eigenvalue weighted by atomic mass is 35.5. The summed E-state index contributed by atoms with van der Waals surface area (Å²) in [5.41, 5.74) is 2.82. The predicted molar refractivity (Wildman–Crippen MR) is 72.2 cm³/mol. The van der Waals surface area contributed by atoms with E-state index >= 15 is 0 Å². The normalized spacial score (nSPS) is 24.8. The fourth-order valence-corrected chi connectivity index (χ4v) is 3.21. The molecule has 1 aromatic rings. The summed E-state index contributed by atoms with van der Waals surface area (Å²) < 4.78 is 5.40. The van der Waals surface area contributed by atoms with E-state index in [4.69, 9.17) is 16.3 Å². The molecule has 1 aromatic heterocycles. The van der Waals surface area contributed by atoms with Gasteiger partial charge in [-0.1, -0.05) is 11.6 Å². The molecule has 18 heavy (non-hydrogen) atoms. The van der Waals surface area contributed by atoms with Gasteiger partial charge < -0.3 is 4.74 Å². The molecule has 1 saturated heterocycles. The Balaban J connectivity index is 1.75. The van der Waals surface area contributed by atoms with Crippen LogP contribution < -0.4 is 0 Å². The summed E-state index contributed by atoms with van der Waals surface area (Å²) in [6.07, 6.45) is 5.65. The number of hydrogen-bond acceptors (Lipinski definition) is 3. The van der Waals surface area contributed by atoms with Gasteiger partial charge in [0, 0.05) is 25.8 Å². The zero-order chi connectivity index (χ0) is 12.4. The Hall–Kier alpha value is -0.640. The molecule has 0 spiro atoms. The fourth-order valence-electron chi connectivity index (χ4n) is 3.04. The molecule has 0 aromatic carbocycles. The van der Waals surface area contributed by atoms with E-state index < -0.39 is 0 Å².